The number of aromatic nitrogens is 1. The van der Waals surface area contributed by atoms with Gasteiger partial charge in [-0.05, 0) is 30.7 Å². The van der Waals surface area contributed by atoms with Crippen LogP contribution in [0, 0.1) is 0 Å². The smallest absolute Gasteiger partial charge is 0.272 e. The molecule has 1 aromatic heterocycles. The molecule has 0 bridgehead atoms. The number of nitrogens with zero attached hydrogens (tertiary/aromatic N) is 2. The van der Waals surface area contributed by atoms with Gasteiger partial charge in [0.15, 0.2) is 0 Å². The number of phenols is 1. The largest absolute Gasteiger partial charge is 0.506 e. The van der Waals surface area contributed by atoms with E-state index in [9.17, 15) is 9.90 Å². The van der Waals surface area contributed by atoms with Gasteiger partial charge in [-0.15, -0.1) is 0 Å². The lowest BCUT2D eigenvalue weighted by Gasteiger charge is -2.09. The number of carbonyl (C=O) groups excluding carboxylic acids is 1. The van der Waals surface area contributed by atoms with Crippen molar-refractivity contribution in [2.45, 2.75) is 13.3 Å². The second kappa shape index (κ2) is 7.24. The number of carbonyl (C=O) groups is 1. The van der Waals surface area contributed by atoms with E-state index in [1.54, 1.807) is 24.4 Å². The van der Waals surface area contributed by atoms with Crippen LogP contribution < -0.4 is 5.43 Å². The van der Waals surface area contributed by atoms with Crippen LogP contribution in [-0.2, 0) is 0 Å². The Hall–Kier alpha value is -2.11. The number of halogens is 2. The monoisotopic (exact) mass is 337 g/mol. The molecule has 1 amide bonds. The standard InChI is InChI=1S/C15H13Cl2N3O2/c1-2-13(11-6-10(16)7-12(17)14(11)21)19-20-15(22)9-4-3-5-18-8-9/h3-8,21H,2H2,1H3,(H,20,22)/b19-13+. The van der Waals surface area contributed by atoms with E-state index in [1.165, 1.54) is 12.3 Å². The molecule has 0 aliphatic heterocycles. The first-order valence-electron chi connectivity index (χ1n) is 6.48. The summed E-state index contributed by atoms with van der Waals surface area (Å²) in [6.45, 7) is 1.84. The third-order valence-corrected chi connectivity index (χ3v) is 3.40. The zero-order chi connectivity index (χ0) is 16.1. The summed E-state index contributed by atoms with van der Waals surface area (Å²) in [6, 6.07) is 6.25. The third-order valence-electron chi connectivity index (χ3n) is 2.89. The Morgan fingerprint density at radius 3 is 2.82 bits per heavy atom. The summed E-state index contributed by atoms with van der Waals surface area (Å²) in [4.78, 5) is 15.8. The topological polar surface area (TPSA) is 74.6 Å². The molecule has 2 aromatic rings. The molecule has 7 heteroatoms. The molecule has 0 fully saturated rings. The lowest BCUT2D eigenvalue weighted by Crippen LogP contribution is -2.20. The molecule has 0 radical (unpaired) electrons. The first kappa shape index (κ1) is 16.3. The van der Waals surface area contributed by atoms with Crippen molar-refractivity contribution in [1.82, 2.24) is 10.4 Å². The highest BCUT2D eigenvalue weighted by Gasteiger charge is 2.13. The summed E-state index contributed by atoms with van der Waals surface area (Å²) >= 11 is 11.8. The molecule has 0 saturated heterocycles. The zero-order valence-corrected chi connectivity index (χ0v) is 13.2. The third kappa shape index (κ3) is 3.75. The van der Waals surface area contributed by atoms with Crippen molar-refractivity contribution in [2.75, 3.05) is 0 Å². The summed E-state index contributed by atoms with van der Waals surface area (Å²) < 4.78 is 0. The number of rotatable bonds is 4. The Morgan fingerprint density at radius 2 is 2.18 bits per heavy atom. The van der Waals surface area contributed by atoms with Gasteiger partial charge in [-0.3, -0.25) is 9.78 Å². The van der Waals surface area contributed by atoms with Gasteiger partial charge in [0.2, 0.25) is 0 Å². The Balaban J connectivity index is 2.27. The van der Waals surface area contributed by atoms with E-state index in [1.807, 2.05) is 6.92 Å². The maximum Gasteiger partial charge on any atom is 0.272 e. The molecule has 0 unspecified atom stereocenters. The van der Waals surface area contributed by atoms with Crippen LogP contribution in [0.25, 0.3) is 0 Å². The fourth-order valence-corrected chi connectivity index (χ4v) is 2.29. The number of nitrogens with one attached hydrogen (secondary N) is 1. The van der Waals surface area contributed by atoms with Crippen LogP contribution in [0.3, 0.4) is 0 Å². The van der Waals surface area contributed by atoms with E-state index < -0.39 is 5.91 Å². The quantitative estimate of drug-likeness (QED) is 0.660. The van der Waals surface area contributed by atoms with Gasteiger partial charge in [0, 0.05) is 23.0 Å². The van der Waals surface area contributed by atoms with Crippen LogP contribution in [0.4, 0.5) is 0 Å². The van der Waals surface area contributed by atoms with Crippen LogP contribution >= 0.6 is 23.2 Å². The van der Waals surface area contributed by atoms with Crippen molar-refractivity contribution >= 4 is 34.8 Å². The van der Waals surface area contributed by atoms with Crippen molar-refractivity contribution in [3.63, 3.8) is 0 Å². The van der Waals surface area contributed by atoms with Crippen LogP contribution in [0.2, 0.25) is 10.0 Å². The Kier molecular flexibility index (Phi) is 5.35. The van der Waals surface area contributed by atoms with Gasteiger partial charge in [0.05, 0.1) is 16.3 Å². The van der Waals surface area contributed by atoms with E-state index >= 15 is 0 Å². The highest BCUT2D eigenvalue weighted by Crippen LogP contribution is 2.32. The van der Waals surface area contributed by atoms with E-state index in [0.29, 0.717) is 28.3 Å². The number of benzene rings is 1. The predicted molar refractivity (Wildman–Crippen MR) is 86.7 cm³/mol. The lowest BCUT2D eigenvalue weighted by atomic mass is 10.1. The minimum absolute atomic E-state index is 0.123. The Bertz CT molecular complexity index is 718. The number of hydrogen-bond donors (Lipinski definition) is 2. The highest BCUT2D eigenvalue weighted by atomic mass is 35.5. The molecule has 1 heterocycles. The fraction of sp³-hybridized carbons (Fsp3) is 0.133. The molecular formula is C15H13Cl2N3O2. The molecule has 0 spiro atoms. The van der Waals surface area contributed by atoms with Gasteiger partial charge in [0.1, 0.15) is 5.75 Å². The second-order valence-electron chi connectivity index (χ2n) is 4.38. The first-order valence-corrected chi connectivity index (χ1v) is 7.23. The molecule has 2 rings (SSSR count). The van der Waals surface area contributed by atoms with Crippen LogP contribution in [0.15, 0.2) is 41.8 Å². The molecule has 2 N–H and O–H groups in total. The average molecular weight is 338 g/mol. The van der Waals surface area contributed by atoms with Crippen LogP contribution in [0.5, 0.6) is 5.75 Å². The number of amides is 1. The van der Waals surface area contributed by atoms with E-state index in [2.05, 4.69) is 15.5 Å². The predicted octanol–water partition coefficient (Wildman–Crippen LogP) is 3.64. The van der Waals surface area contributed by atoms with Crippen LogP contribution in [0.1, 0.15) is 29.3 Å². The molecule has 0 saturated carbocycles. The van der Waals surface area contributed by atoms with Gasteiger partial charge >= 0.3 is 0 Å². The average Bonchev–Trinajstić information content (AvgIpc) is 2.52. The molecule has 5 nitrogen and oxygen atoms in total. The second-order valence-corrected chi connectivity index (χ2v) is 5.22. The van der Waals surface area contributed by atoms with Gasteiger partial charge in [-0.1, -0.05) is 30.1 Å². The molecule has 0 aliphatic carbocycles. The van der Waals surface area contributed by atoms with Gasteiger partial charge < -0.3 is 5.11 Å². The van der Waals surface area contributed by atoms with Gasteiger partial charge in [-0.25, -0.2) is 5.43 Å². The normalized spacial score (nSPS) is 11.3. The summed E-state index contributed by atoms with van der Waals surface area (Å²) in [5, 5.41) is 14.6. The van der Waals surface area contributed by atoms with Crippen molar-refractivity contribution < 1.29 is 9.90 Å². The van der Waals surface area contributed by atoms with Crippen molar-refractivity contribution in [2.24, 2.45) is 5.10 Å². The lowest BCUT2D eigenvalue weighted by molar-refractivity contribution is 0.0954. The van der Waals surface area contributed by atoms with Crippen LogP contribution in [-0.4, -0.2) is 21.7 Å². The molecule has 1 aromatic carbocycles. The minimum Gasteiger partial charge on any atom is -0.506 e. The Morgan fingerprint density at radius 1 is 1.41 bits per heavy atom. The minimum atomic E-state index is -0.397. The summed E-state index contributed by atoms with van der Waals surface area (Å²) in [6.07, 6.45) is 3.48. The van der Waals surface area contributed by atoms with E-state index in [-0.39, 0.29) is 10.8 Å². The zero-order valence-electron chi connectivity index (χ0n) is 11.7. The van der Waals surface area contributed by atoms with Crippen molar-refractivity contribution in [3.8, 4) is 5.75 Å². The number of phenolic OH excluding ortho intramolecular Hbond substituents is 1. The highest BCUT2D eigenvalue weighted by molar-refractivity contribution is 6.36. The van der Waals surface area contributed by atoms with Crippen molar-refractivity contribution in [3.05, 3.63) is 57.8 Å². The van der Waals surface area contributed by atoms with E-state index in [0.717, 1.165) is 0 Å². The molecule has 22 heavy (non-hydrogen) atoms. The van der Waals surface area contributed by atoms with Gasteiger partial charge in [-0.2, -0.15) is 5.10 Å². The van der Waals surface area contributed by atoms with E-state index in [4.69, 9.17) is 23.2 Å². The Labute approximate surface area is 137 Å². The maximum absolute atomic E-state index is 11.9. The SMILES string of the molecule is CC/C(=N\NC(=O)c1cccnc1)c1cc(Cl)cc(Cl)c1O. The fourth-order valence-electron chi connectivity index (χ4n) is 1.80. The van der Waals surface area contributed by atoms with Gasteiger partial charge in [0.25, 0.3) is 5.91 Å². The summed E-state index contributed by atoms with van der Waals surface area (Å²) in [5.74, 6) is -0.519. The van der Waals surface area contributed by atoms with Crippen molar-refractivity contribution in [1.29, 1.82) is 0 Å². The summed E-state index contributed by atoms with van der Waals surface area (Å²) in [5.41, 5.74) is 3.65. The maximum atomic E-state index is 11.9. The molecule has 0 atom stereocenters. The number of aromatic hydroxyl groups is 1. The first-order chi connectivity index (χ1) is 10.5. The number of pyridine rings is 1. The number of hydrogen-bond acceptors (Lipinski definition) is 4. The molecular weight excluding hydrogens is 325 g/mol. The summed E-state index contributed by atoms with van der Waals surface area (Å²) in [7, 11) is 0. The number of hydrazone groups is 1. The molecule has 114 valence electrons. The molecule has 0 aliphatic rings.